The predicted molar refractivity (Wildman–Crippen MR) is 70.9 cm³/mol. The van der Waals surface area contributed by atoms with E-state index in [0.717, 1.165) is 25.1 Å². The van der Waals surface area contributed by atoms with Gasteiger partial charge in [-0.05, 0) is 33.1 Å². The number of carbonyl (C=O) groups excluding carboxylic acids is 1. The Morgan fingerprint density at radius 3 is 2.32 bits per heavy atom. The highest BCUT2D eigenvalue weighted by Crippen LogP contribution is 2.18. The molecule has 0 saturated heterocycles. The third kappa shape index (κ3) is 4.17. The van der Waals surface area contributed by atoms with E-state index in [4.69, 9.17) is 5.73 Å². The molecule has 1 aromatic rings. The zero-order chi connectivity index (χ0) is 14.6. The normalized spacial score (nSPS) is 10.8. The van der Waals surface area contributed by atoms with Crippen LogP contribution in [-0.2, 0) is 0 Å². The van der Waals surface area contributed by atoms with Crippen LogP contribution in [0.3, 0.4) is 0 Å². The van der Waals surface area contributed by atoms with Gasteiger partial charge in [-0.2, -0.15) is 0 Å². The van der Waals surface area contributed by atoms with E-state index < -0.39 is 17.5 Å². The van der Waals surface area contributed by atoms with Gasteiger partial charge in [-0.25, -0.2) is 8.78 Å². The van der Waals surface area contributed by atoms with Crippen molar-refractivity contribution in [1.29, 1.82) is 0 Å². The van der Waals surface area contributed by atoms with Crippen molar-refractivity contribution in [2.75, 3.05) is 40.0 Å². The van der Waals surface area contributed by atoms with Crippen molar-refractivity contribution in [3.8, 4) is 0 Å². The van der Waals surface area contributed by atoms with Gasteiger partial charge >= 0.3 is 0 Å². The average Bonchev–Trinajstić information content (AvgIpc) is 2.32. The van der Waals surface area contributed by atoms with Crippen molar-refractivity contribution in [3.05, 3.63) is 29.3 Å². The molecule has 0 aromatic heterocycles. The first-order valence-corrected chi connectivity index (χ1v) is 5.97. The van der Waals surface area contributed by atoms with Crippen LogP contribution < -0.4 is 5.73 Å². The molecule has 0 atom stereocenters. The number of carbonyl (C=O) groups is 1. The first-order chi connectivity index (χ1) is 8.82. The van der Waals surface area contributed by atoms with Crippen LogP contribution in [0.5, 0.6) is 0 Å². The Kier molecular flexibility index (Phi) is 5.23. The Labute approximate surface area is 111 Å². The summed E-state index contributed by atoms with van der Waals surface area (Å²) in [6.07, 6.45) is 0.790. The van der Waals surface area contributed by atoms with Crippen molar-refractivity contribution in [2.24, 2.45) is 0 Å². The van der Waals surface area contributed by atoms with Crippen LogP contribution in [0.4, 0.5) is 14.5 Å². The quantitative estimate of drug-likeness (QED) is 0.827. The first-order valence-electron chi connectivity index (χ1n) is 5.97. The summed E-state index contributed by atoms with van der Waals surface area (Å²) in [6.45, 7) is 1.36. The summed E-state index contributed by atoms with van der Waals surface area (Å²) in [6, 6.07) is 1.67. The molecule has 0 aliphatic carbocycles. The molecule has 0 aliphatic heterocycles. The lowest BCUT2D eigenvalue weighted by molar-refractivity contribution is 0.0791. The van der Waals surface area contributed by atoms with E-state index in [0.29, 0.717) is 6.54 Å². The topological polar surface area (TPSA) is 49.6 Å². The Hall–Kier alpha value is -1.69. The first kappa shape index (κ1) is 15.4. The van der Waals surface area contributed by atoms with Crippen molar-refractivity contribution in [1.82, 2.24) is 9.80 Å². The largest absolute Gasteiger partial charge is 0.398 e. The number of halogens is 2. The fourth-order valence-electron chi connectivity index (χ4n) is 1.68. The van der Waals surface area contributed by atoms with Gasteiger partial charge in [-0.3, -0.25) is 4.79 Å². The zero-order valence-electron chi connectivity index (χ0n) is 11.4. The summed E-state index contributed by atoms with van der Waals surface area (Å²) in [4.78, 5) is 15.5. The number of hydrogen-bond donors (Lipinski definition) is 1. The van der Waals surface area contributed by atoms with Gasteiger partial charge in [-0.15, -0.1) is 0 Å². The predicted octanol–water partition coefficient (Wildman–Crippen LogP) is 1.57. The molecule has 0 bridgehead atoms. The molecule has 0 spiro atoms. The van der Waals surface area contributed by atoms with Crippen LogP contribution in [0.25, 0.3) is 0 Å². The smallest absolute Gasteiger partial charge is 0.255 e. The molecule has 0 radical (unpaired) electrons. The molecule has 0 unspecified atom stereocenters. The van der Waals surface area contributed by atoms with E-state index in [1.54, 1.807) is 7.05 Å². The lowest BCUT2D eigenvalue weighted by atomic mass is 10.1. The maximum Gasteiger partial charge on any atom is 0.255 e. The van der Waals surface area contributed by atoms with Crippen LogP contribution in [-0.4, -0.2) is 49.9 Å². The van der Waals surface area contributed by atoms with Crippen molar-refractivity contribution >= 4 is 11.6 Å². The minimum atomic E-state index is -1.07. The van der Waals surface area contributed by atoms with Crippen molar-refractivity contribution in [3.63, 3.8) is 0 Å². The summed E-state index contributed by atoms with van der Waals surface area (Å²) in [7, 11) is 5.49. The summed E-state index contributed by atoms with van der Waals surface area (Å²) in [5, 5.41) is 0. The zero-order valence-corrected chi connectivity index (χ0v) is 11.4. The minimum Gasteiger partial charge on any atom is -0.398 e. The average molecular weight is 271 g/mol. The second-order valence-corrected chi connectivity index (χ2v) is 4.74. The summed E-state index contributed by atoms with van der Waals surface area (Å²) in [5.41, 5.74) is 5.48. The van der Waals surface area contributed by atoms with Gasteiger partial charge in [0.1, 0.15) is 0 Å². The molecule has 2 N–H and O–H groups in total. The minimum absolute atomic E-state index is 0.00810. The van der Waals surface area contributed by atoms with Crippen LogP contribution >= 0.6 is 0 Å². The van der Waals surface area contributed by atoms with Gasteiger partial charge in [0.2, 0.25) is 0 Å². The second kappa shape index (κ2) is 6.47. The SMILES string of the molecule is CN(C)CCCN(C)C(=O)c1cc(F)c(F)cc1N. The number of hydrogen-bond acceptors (Lipinski definition) is 3. The molecule has 4 nitrogen and oxygen atoms in total. The van der Waals surface area contributed by atoms with E-state index in [1.807, 2.05) is 19.0 Å². The molecule has 6 heteroatoms. The number of nitrogens with zero attached hydrogens (tertiary/aromatic N) is 2. The standard InChI is InChI=1S/C13H19F2N3O/c1-17(2)5-4-6-18(3)13(19)9-7-10(14)11(15)8-12(9)16/h7-8H,4-6,16H2,1-3H3. The molecule has 19 heavy (non-hydrogen) atoms. The maximum absolute atomic E-state index is 13.1. The van der Waals surface area contributed by atoms with Gasteiger partial charge in [0.25, 0.3) is 5.91 Å². The highest BCUT2D eigenvalue weighted by Gasteiger charge is 2.17. The van der Waals surface area contributed by atoms with Gasteiger partial charge in [0.15, 0.2) is 11.6 Å². The Morgan fingerprint density at radius 2 is 1.74 bits per heavy atom. The van der Waals surface area contributed by atoms with Gasteiger partial charge in [0, 0.05) is 25.3 Å². The molecule has 1 amide bonds. The fourth-order valence-corrected chi connectivity index (χ4v) is 1.68. The van der Waals surface area contributed by atoms with E-state index in [9.17, 15) is 13.6 Å². The molecule has 1 rings (SSSR count). The number of rotatable bonds is 5. The molecule has 0 heterocycles. The third-order valence-electron chi connectivity index (χ3n) is 2.77. The van der Waals surface area contributed by atoms with Gasteiger partial charge in [-0.1, -0.05) is 0 Å². The molecule has 106 valence electrons. The van der Waals surface area contributed by atoms with E-state index in [-0.39, 0.29) is 11.3 Å². The number of benzene rings is 1. The number of nitrogens with two attached hydrogens (primary N) is 1. The summed E-state index contributed by atoms with van der Waals surface area (Å²) < 4.78 is 26.1. The van der Waals surface area contributed by atoms with Crippen LogP contribution in [0.15, 0.2) is 12.1 Å². The fraction of sp³-hybridized carbons (Fsp3) is 0.462. The number of amides is 1. The van der Waals surface area contributed by atoms with E-state index in [1.165, 1.54) is 4.90 Å². The van der Waals surface area contributed by atoms with Gasteiger partial charge in [0.05, 0.1) is 5.56 Å². The highest BCUT2D eigenvalue weighted by molar-refractivity contribution is 5.99. The lowest BCUT2D eigenvalue weighted by Crippen LogP contribution is -2.30. The molecule has 0 fully saturated rings. The second-order valence-electron chi connectivity index (χ2n) is 4.74. The Balaban J connectivity index is 2.74. The molecular weight excluding hydrogens is 252 g/mol. The number of anilines is 1. The van der Waals surface area contributed by atoms with E-state index in [2.05, 4.69) is 0 Å². The van der Waals surface area contributed by atoms with Crippen LogP contribution in [0.1, 0.15) is 16.8 Å². The molecule has 0 saturated carbocycles. The molecular formula is C13H19F2N3O. The van der Waals surface area contributed by atoms with Crippen LogP contribution in [0.2, 0.25) is 0 Å². The van der Waals surface area contributed by atoms with Crippen LogP contribution in [0, 0.1) is 11.6 Å². The number of nitrogen functional groups attached to an aromatic ring is 1. The lowest BCUT2D eigenvalue weighted by Gasteiger charge is -2.19. The molecule has 1 aromatic carbocycles. The van der Waals surface area contributed by atoms with E-state index >= 15 is 0 Å². The summed E-state index contributed by atoms with van der Waals surface area (Å²) in [5.74, 6) is -2.53. The Bertz CT molecular complexity index is 463. The third-order valence-corrected chi connectivity index (χ3v) is 2.77. The van der Waals surface area contributed by atoms with Crippen molar-refractivity contribution in [2.45, 2.75) is 6.42 Å². The maximum atomic E-state index is 13.1. The molecule has 0 aliphatic rings. The Morgan fingerprint density at radius 1 is 1.16 bits per heavy atom. The summed E-state index contributed by atoms with van der Waals surface area (Å²) >= 11 is 0. The highest BCUT2D eigenvalue weighted by atomic mass is 19.2. The van der Waals surface area contributed by atoms with Gasteiger partial charge < -0.3 is 15.5 Å². The monoisotopic (exact) mass is 271 g/mol. The van der Waals surface area contributed by atoms with Crippen molar-refractivity contribution < 1.29 is 13.6 Å².